The molecule has 1 rings (SSSR count). The zero-order chi connectivity index (χ0) is 13.7. The van der Waals surface area contributed by atoms with E-state index in [1.54, 1.807) is 6.07 Å². The number of rotatable bonds is 5. The summed E-state index contributed by atoms with van der Waals surface area (Å²) in [5, 5.41) is 11.6. The van der Waals surface area contributed by atoms with Crippen LogP contribution in [0.2, 0.25) is 0 Å². The Bertz CT molecular complexity index is 456. The first-order valence-corrected chi connectivity index (χ1v) is 5.83. The summed E-state index contributed by atoms with van der Waals surface area (Å²) in [5.74, 6) is -0.862. The van der Waals surface area contributed by atoms with Crippen LogP contribution in [-0.4, -0.2) is 17.0 Å². The lowest BCUT2D eigenvalue weighted by molar-refractivity contribution is -0.116. The van der Waals surface area contributed by atoms with Crippen LogP contribution in [0.5, 0.6) is 0 Å². The Labute approximate surface area is 106 Å². The highest BCUT2D eigenvalue weighted by Gasteiger charge is 2.13. The van der Waals surface area contributed by atoms with Crippen molar-refractivity contribution in [2.75, 3.05) is 11.1 Å². The van der Waals surface area contributed by atoms with Gasteiger partial charge in [0.1, 0.15) is 0 Å². The molecule has 98 valence electrons. The van der Waals surface area contributed by atoms with Crippen LogP contribution in [0.25, 0.3) is 0 Å². The molecule has 0 saturated heterocycles. The monoisotopic (exact) mass is 250 g/mol. The number of carbonyl (C=O) groups excluding carboxylic acids is 1. The SMILES string of the molecule is CC(C)CCC(=O)Nc1ccc(N)cc1C(=O)O. The molecule has 1 aromatic rings. The van der Waals surface area contributed by atoms with Gasteiger partial charge in [-0.25, -0.2) is 4.79 Å². The number of benzene rings is 1. The van der Waals surface area contributed by atoms with E-state index < -0.39 is 5.97 Å². The van der Waals surface area contributed by atoms with Crippen LogP contribution in [0.4, 0.5) is 11.4 Å². The number of anilines is 2. The van der Waals surface area contributed by atoms with Crippen molar-refractivity contribution < 1.29 is 14.7 Å². The first-order valence-electron chi connectivity index (χ1n) is 5.83. The van der Waals surface area contributed by atoms with E-state index in [0.717, 1.165) is 6.42 Å². The normalized spacial score (nSPS) is 10.4. The first kappa shape index (κ1) is 14.0. The number of carboxylic acids is 1. The molecular formula is C13H18N2O3. The average molecular weight is 250 g/mol. The Morgan fingerprint density at radius 1 is 1.39 bits per heavy atom. The summed E-state index contributed by atoms with van der Waals surface area (Å²) >= 11 is 0. The summed E-state index contributed by atoms with van der Waals surface area (Å²) in [7, 11) is 0. The quantitative estimate of drug-likeness (QED) is 0.699. The van der Waals surface area contributed by atoms with Crippen molar-refractivity contribution in [3.8, 4) is 0 Å². The fraction of sp³-hybridized carbons (Fsp3) is 0.385. The number of carboxylic acid groups (broad SMARTS) is 1. The fourth-order valence-electron chi connectivity index (χ4n) is 1.48. The molecule has 0 saturated carbocycles. The second-order valence-corrected chi connectivity index (χ2v) is 4.59. The van der Waals surface area contributed by atoms with Crippen LogP contribution in [0.15, 0.2) is 18.2 Å². The molecule has 0 aliphatic carbocycles. The minimum atomic E-state index is -1.11. The van der Waals surface area contributed by atoms with Crippen molar-refractivity contribution in [2.24, 2.45) is 5.92 Å². The van der Waals surface area contributed by atoms with Gasteiger partial charge in [-0.2, -0.15) is 0 Å². The molecule has 5 nitrogen and oxygen atoms in total. The Morgan fingerprint density at radius 3 is 2.61 bits per heavy atom. The highest BCUT2D eigenvalue weighted by Crippen LogP contribution is 2.19. The van der Waals surface area contributed by atoms with Crippen molar-refractivity contribution in [3.63, 3.8) is 0 Å². The lowest BCUT2D eigenvalue weighted by atomic mass is 10.1. The van der Waals surface area contributed by atoms with E-state index in [9.17, 15) is 9.59 Å². The number of nitrogens with one attached hydrogen (secondary N) is 1. The summed E-state index contributed by atoms with van der Waals surface area (Å²) in [6, 6.07) is 4.40. The summed E-state index contributed by atoms with van der Waals surface area (Å²) in [6.07, 6.45) is 1.14. The van der Waals surface area contributed by atoms with E-state index in [0.29, 0.717) is 18.0 Å². The maximum Gasteiger partial charge on any atom is 0.337 e. The standard InChI is InChI=1S/C13H18N2O3/c1-8(2)3-6-12(16)15-11-5-4-9(14)7-10(11)13(17)18/h4-5,7-8H,3,6,14H2,1-2H3,(H,15,16)(H,17,18). The second kappa shape index (κ2) is 6.05. The van der Waals surface area contributed by atoms with Crippen molar-refractivity contribution in [2.45, 2.75) is 26.7 Å². The van der Waals surface area contributed by atoms with Crippen LogP contribution in [0.3, 0.4) is 0 Å². The van der Waals surface area contributed by atoms with E-state index in [4.69, 9.17) is 10.8 Å². The van der Waals surface area contributed by atoms with E-state index in [1.165, 1.54) is 12.1 Å². The molecule has 0 unspecified atom stereocenters. The molecule has 0 aromatic heterocycles. The van der Waals surface area contributed by atoms with Crippen LogP contribution < -0.4 is 11.1 Å². The number of hydrogen-bond donors (Lipinski definition) is 3. The molecular weight excluding hydrogens is 232 g/mol. The van der Waals surface area contributed by atoms with Gasteiger partial charge in [-0.05, 0) is 30.5 Å². The van der Waals surface area contributed by atoms with Gasteiger partial charge in [0.25, 0.3) is 0 Å². The molecule has 0 aliphatic rings. The number of aromatic carboxylic acids is 1. The molecule has 0 bridgehead atoms. The van der Waals surface area contributed by atoms with Crippen molar-refractivity contribution in [3.05, 3.63) is 23.8 Å². The molecule has 0 aliphatic heterocycles. The second-order valence-electron chi connectivity index (χ2n) is 4.59. The van der Waals surface area contributed by atoms with Gasteiger partial charge in [-0.1, -0.05) is 13.8 Å². The van der Waals surface area contributed by atoms with E-state index in [-0.39, 0.29) is 17.2 Å². The highest BCUT2D eigenvalue weighted by molar-refractivity contribution is 6.01. The predicted molar refractivity (Wildman–Crippen MR) is 70.5 cm³/mol. The van der Waals surface area contributed by atoms with Gasteiger partial charge in [0.15, 0.2) is 0 Å². The smallest absolute Gasteiger partial charge is 0.337 e. The molecule has 0 fully saturated rings. The predicted octanol–water partition coefficient (Wildman–Crippen LogP) is 2.34. The van der Waals surface area contributed by atoms with Crippen LogP contribution in [-0.2, 0) is 4.79 Å². The van der Waals surface area contributed by atoms with Gasteiger partial charge < -0.3 is 16.2 Å². The first-order chi connectivity index (χ1) is 8.40. The highest BCUT2D eigenvalue weighted by atomic mass is 16.4. The molecule has 0 radical (unpaired) electrons. The Morgan fingerprint density at radius 2 is 2.06 bits per heavy atom. The third-order valence-electron chi connectivity index (χ3n) is 2.50. The number of nitrogens with two attached hydrogens (primary N) is 1. The summed E-state index contributed by atoms with van der Waals surface area (Å²) in [5.41, 5.74) is 6.16. The van der Waals surface area contributed by atoms with Gasteiger partial charge in [0.05, 0.1) is 11.3 Å². The molecule has 0 heterocycles. The molecule has 5 heteroatoms. The number of nitrogen functional groups attached to an aromatic ring is 1. The number of hydrogen-bond acceptors (Lipinski definition) is 3. The average Bonchev–Trinajstić information content (AvgIpc) is 2.28. The Hall–Kier alpha value is -2.04. The zero-order valence-corrected chi connectivity index (χ0v) is 10.6. The summed E-state index contributed by atoms with van der Waals surface area (Å²) in [4.78, 5) is 22.7. The lowest BCUT2D eigenvalue weighted by Gasteiger charge is -2.10. The van der Waals surface area contributed by atoms with Gasteiger partial charge in [0.2, 0.25) is 5.91 Å². The maximum atomic E-state index is 11.6. The molecule has 4 N–H and O–H groups in total. The third-order valence-corrected chi connectivity index (χ3v) is 2.50. The van der Waals surface area contributed by atoms with Crippen molar-refractivity contribution in [1.29, 1.82) is 0 Å². The molecule has 18 heavy (non-hydrogen) atoms. The van der Waals surface area contributed by atoms with E-state index >= 15 is 0 Å². The van der Waals surface area contributed by atoms with Gasteiger partial charge in [0, 0.05) is 12.1 Å². The minimum Gasteiger partial charge on any atom is -0.478 e. The summed E-state index contributed by atoms with van der Waals surface area (Å²) in [6.45, 7) is 4.05. The van der Waals surface area contributed by atoms with E-state index in [1.807, 2.05) is 13.8 Å². The summed E-state index contributed by atoms with van der Waals surface area (Å²) < 4.78 is 0. The Kier molecular flexibility index (Phi) is 4.71. The van der Waals surface area contributed by atoms with Gasteiger partial charge in [-0.15, -0.1) is 0 Å². The molecule has 1 aromatic carbocycles. The van der Waals surface area contributed by atoms with Crippen LogP contribution in [0, 0.1) is 5.92 Å². The van der Waals surface area contributed by atoms with E-state index in [2.05, 4.69) is 5.32 Å². The zero-order valence-electron chi connectivity index (χ0n) is 10.6. The maximum absolute atomic E-state index is 11.6. The molecule has 0 atom stereocenters. The van der Waals surface area contributed by atoms with Crippen LogP contribution in [0.1, 0.15) is 37.0 Å². The van der Waals surface area contributed by atoms with Gasteiger partial charge >= 0.3 is 5.97 Å². The van der Waals surface area contributed by atoms with Crippen molar-refractivity contribution in [1.82, 2.24) is 0 Å². The molecule has 1 amide bonds. The largest absolute Gasteiger partial charge is 0.478 e. The lowest BCUT2D eigenvalue weighted by Crippen LogP contribution is -2.15. The fourth-order valence-corrected chi connectivity index (χ4v) is 1.48. The van der Waals surface area contributed by atoms with Crippen LogP contribution >= 0.6 is 0 Å². The molecule has 0 spiro atoms. The third kappa shape index (κ3) is 4.08. The number of amides is 1. The topological polar surface area (TPSA) is 92.4 Å². The van der Waals surface area contributed by atoms with Gasteiger partial charge in [-0.3, -0.25) is 4.79 Å². The number of carbonyl (C=O) groups is 2. The Balaban J connectivity index is 2.78. The van der Waals surface area contributed by atoms with Crippen molar-refractivity contribution >= 4 is 23.3 Å². The minimum absolute atomic E-state index is 0.00731.